The maximum atomic E-state index is 13.3. The van der Waals surface area contributed by atoms with Gasteiger partial charge in [0, 0.05) is 17.6 Å². The summed E-state index contributed by atoms with van der Waals surface area (Å²) in [7, 11) is 0. The highest BCUT2D eigenvalue weighted by atomic mass is 32.1. The van der Waals surface area contributed by atoms with E-state index in [1.165, 1.54) is 23.5 Å². The van der Waals surface area contributed by atoms with Crippen LogP contribution in [0.25, 0.3) is 11.3 Å². The summed E-state index contributed by atoms with van der Waals surface area (Å²) >= 11 is 1.35. The highest BCUT2D eigenvalue weighted by Crippen LogP contribution is 2.30. The third-order valence-electron chi connectivity index (χ3n) is 5.51. The normalized spacial score (nSPS) is 16.3. The van der Waals surface area contributed by atoms with Crippen LogP contribution in [0.4, 0.5) is 9.52 Å². The number of carbonyl (C=O) groups excluding carboxylic acids is 1. The van der Waals surface area contributed by atoms with Crippen molar-refractivity contribution in [3.8, 4) is 11.3 Å². The Kier molecular flexibility index (Phi) is 6.52. The second-order valence-corrected chi connectivity index (χ2v) is 8.37. The van der Waals surface area contributed by atoms with Crippen LogP contribution in [0, 0.1) is 11.7 Å². The molecule has 0 bridgehead atoms. The number of aliphatic hydroxyl groups is 1. The molecule has 1 fully saturated rings. The molecule has 2 aromatic carbocycles. The van der Waals surface area contributed by atoms with Gasteiger partial charge in [0.05, 0.1) is 5.69 Å². The summed E-state index contributed by atoms with van der Waals surface area (Å²) in [6.07, 6.45) is 1.75. The Morgan fingerprint density at radius 1 is 1.17 bits per heavy atom. The second kappa shape index (κ2) is 9.47. The Morgan fingerprint density at radius 2 is 1.87 bits per heavy atom. The van der Waals surface area contributed by atoms with Crippen molar-refractivity contribution in [2.45, 2.75) is 18.9 Å². The predicted molar refractivity (Wildman–Crippen MR) is 117 cm³/mol. The number of carbonyl (C=O) groups is 1. The number of likely N-dealkylation sites (tertiary alicyclic amines) is 1. The quantitative estimate of drug-likeness (QED) is 0.617. The largest absolute Gasteiger partial charge is 0.396 e. The molecule has 4 rings (SSSR count). The van der Waals surface area contributed by atoms with Crippen LogP contribution >= 0.6 is 11.3 Å². The van der Waals surface area contributed by atoms with Gasteiger partial charge in [0.25, 0.3) is 0 Å². The van der Waals surface area contributed by atoms with Crippen molar-refractivity contribution in [2.75, 3.05) is 25.0 Å². The van der Waals surface area contributed by atoms with E-state index in [0.29, 0.717) is 16.7 Å². The molecule has 1 aromatic heterocycles. The Labute approximate surface area is 179 Å². The fraction of sp³-hybridized carbons (Fsp3) is 0.304. The van der Waals surface area contributed by atoms with E-state index in [9.17, 15) is 14.3 Å². The summed E-state index contributed by atoms with van der Waals surface area (Å²) in [6.45, 7) is 1.72. The molecular weight excluding hydrogens is 401 g/mol. The predicted octanol–water partition coefficient (Wildman–Crippen LogP) is 4.33. The number of anilines is 1. The number of aliphatic hydroxyl groups excluding tert-OH is 1. The Balaban J connectivity index is 1.52. The number of aromatic nitrogens is 1. The fourth-order valence-electron chi connectivity index (χ4n) is 3.82. The molecule has 2 heterocycles. The maximum Gasteiger partial charge on any atom is 0.248 e. The highest BCUT2D eigenvalue weighted by Gasteiger charge is 2.31. The number of halogens is 1. The summed E-state index contributed by atoms with van der Waals surface area (Å²) in [4.78, 5) is 19.9. The summed E-state index contributed by atoms with van der Waals surface area (Å²) in [6, 6.07) is 15.5. The van der Waals surface area contributed by atoms with Gasteiger partial charge in [-0.25, -0.2) is 9.37 Å². The van der Waals surface area contributed by atoms with Gasteiger partial charge in [-0.15, -0.1) is 11.3 Å². The van der Waals surface area contributed by atoms with Crippen LogP contribution < -0.4 is 5.32 Å². The van der Waals surface area contributed by atoms with E-state index in [0.717, 1.165) is 37.1 Å². The lowest BCUT2D eigenvalue weighted by Gasteiger charge is -2.36. The zero-order valence-corrected chi connectivity index (χ0v) is 17.3. The molecule has 1 unspecified atom stereocenters. The van der Waals surface area contributed by atoms with Crippen molar-refractivity contribution in [1.29, 1.82) is 0 Å². The van der Waals surface area contributed by atoms with E-state index in [4.69, 9.17) is 0 Å². The van der Waals surface area contributed by atoms with Crippen LogP contribution in [0.3, 0.4) is 0 Å². The number of hydrogen-bond donors (Lipinski definition) is 2. The molecule has 7 heteroatoms. The first-order chi connectivity index (χ1) is 14.6. The van der Waals surface area contributed by atoms with Gasteiger partial charge in [0.1, 0.15) is 11.9 Å². The summed E-state index contributed by atoms with van der Waals surface area (Å²) in [5, 5.41) is 14.8. The van der Waals surface area contributed by atoms with E-state index in [1.807, 2.05) is 35.7 Å². The molecule has 0 aliphatic carbocycles. The molecule has 3 aromatic rings. The summed E-state index contributed by atoms with van der Waals surface area (Å²) in [5.41, 5.74) is 2.45. The van der Waals surface area contributed by atoms with Gasteiger partial charge in [-0.3, -0.25) is 9.69 Å². The first kappa shape index (κ1) is 20.7. The van der Waals surface area contributed by atoms with Gasteiger partial charge < -0.3 is 10.4 Å². The van der Waals surface area contributed by atoms with E-state index in [-0.39, 0.29) is 18.3 Å². The molecule has 156 valence electrons. The number of piperidine rings is 1. The van der Waals surface area contributed by atoms with Crippen LogP contribution in [0.1, 0.15) is 24.4 Å². The van der Waals surface area contributed by atoms with Gasteiger partial charge in [-0.05, 0) is 61.7 Å². The molecule has 0 saturated carbocycles. The average Bonchev–Trinajstić information content (AvgIpc) is 3.24. The van der Waals surface area contributed by atoms with E-state index < -0.39 is 6.04 Å². The van der Waals surface area contributed by atoms with Gasteiger partial charge in [-0.1, -0.05) is 30.3 Å². The third-order valence-corrected chi connectivity index (χ3v) is 6.27. The van der Waals surface area contributed by atoms with Crippen LogP contribution in [0.5, 0.6) is 0 Å². The molecule has 1 saturated heterocycles. The van der Waals surface area contributed by atoms with Crippen LogP contribution in [-0.4, -0.2) is 40.6 Å². The smallest absolute Gasteiger partial charge is 0.248 e. The number of benzene rings is 2. The highest BCUT2D eigenvalue weighted by molar-refractivity contribution is 7.14. The van der Waals surface area contributed by atoms with Crippen LogP contribution in [0.15, 0.2) is 60.0 Å². The Bertz CT molecular complexity index is 970. The fourth-order valence-corrected chi connectivity index (χ4v) is 4.54. The maximum absolute atomic E-state index is 13.3. The molecule has 1 atom stereocenters. The van der Waals surface area contributed by atoms with E-state index in [2.05, 4.69) is 15.2 Å². The summed E-state index contributed by atoms with van der Waals surface area (Å²) in [5.74, 6) is -0.111. The summed E-state index contributed by atoms with van der Waals surface area (Å²) < 4.78 is 13.2. The van der Waals surface area contributed by atoms with Crippen molar-refractivity contribution in [1.82, 2.24) is 9.88 Å². The lowest BCUT2D eigenvalue weighted by atomic mass is 9.94. The lowest BCUT2D eigenvalue weighted by Crippen LogP contribution is -2.42. The average molecular weight is 426 g/mol. The van der Waals surface area contributed by atoms with Crippen molar-refractivity contribution in [3.63, 3.8) is 0 Å². The molecule has 2 N–H and O–H groups in total. The van der Waals surface area contributed by atoms with Crippen molar-refractivity contribution in [3.05, 3.63) is 71.4 Å². The zero-order chi connectivity index (χ0) is 20.9. The van der Waals surface area contributed by atoms with Crippen LogP contribution in [-0.2, 0) is 4.79 Å². The number of nitrogens with one attached hydrogen (secondary N) is 1. The SMILES string of the molecule is O=C(Nc1nc(-c2ccc(F)cc2)cs1)C(c1ccccc1)N1CCC(CO)CC1. The first-order valence-electron chi connectivity index (χ1n) is 10.1. The van der Waals surface area contributed by atoms with Gasteiger partial charge in [0.2, 0.25) is 5.91 Å². The molecule has 0 spiro atoms. The molecule has 30 heavy (non-hydrogen) atoms. The van der Waals surface area contributed by atoms with Crippen molar-refractivity contribution in [2.24, 2.45) is 5.92 Å². The number of hydrogen-bond acceptors (Lipinski definition) is 5. The van der Waals surface area contributed by atoms with Crippen molar-refractivity contribution >= 4 is 22.4 Å². The molecule has 1 aliphatic heterocycles. The molecule has 1 amide bonds. The Hall–Kier alpha value is -2.61. The minimum atomic E-state index is -0.413. The number of amides is 1. The number of thiazole rings is 1. The van der Waals surface area contributed by atoms with E-state index in [1.54, 1.807) is 12.1 Å². The zero-order valence-electron chi connectivity index (χ0n) is 16.5. The Morgan fingerprint density at radius 3 is 2.53 bits per heavy atom. The van der Waals surface area contributed by atoms with Crippen LogP contribution in [0.2, 0.25) is 0 Å². The van der Waals surface area contributed by atoms with E-state index >= 15 is 0 Å². The second-order valence-electron chi connectivity index (χ2n) is 7.51. The number of rotatable bonds is 6. The molecule has 1 aliphatic rings. The third kappa shape index (κ3) is 4.75. The van der Waals surface area contributed by atoms with Gasteiger partial charge in [0.15, 0.2) is 5.13 Å². The topological polar surface area (TPSA) is 65.5 Å². The van der Waals surface area contributed by atoms with Gasteiger partial charge in [-0.2, -0.15) is 0 Å². The van der Waals surface area contributed by atoms with Gasteiger partial charge >= 0.3 is 0 Å². The minimum absolute atomic E-state index is 0.122. The molecule has 5 nitrogen and oxygen atoms in total. The number of nitrogens with zero attached hydrogens (tertiary/aromatic N) is 2. The lowest BCUT2D eigenvalue weighted by molar-refractivity contribution is -0.122. The first-order valence-corrected chi connectivity index (χ1v) is 10.9. The standard InChI is InChI=1S/C23H24FN3O2S/c24-19-8-6-17(7-9-19)20-15-30-23(25-20)26-22(29)21(18-4-2-1-3-5-18)27-12-10-16(14-28)11-13-27/h1-9,15-16,21,28H,10-14H2,(H,25,26,29). The molecular formula is C23H24FN3O2S. The minimum Gasteiger partial charge on any atom is -0.396 e. The van der Waals surface area contributed by atoms with Crippen molar-refractivity contribution < 1.29 is 14.3 Å². The monoisotopic (exact) mass is 425 g/mol. The molecule has 0 radical (unpaired) electrons.